The van der Waals surface area contributed by atoms with E-state index in [4.69, 9.17) is 29.1 Å². The van der Waals surface area contributed by atoms with Gasteiger partial charge in [0.15, 0.2) is 0 Å². The molecule has 9 rings (SSSR count). The van der Waals surface area contributed by atoms with Gasteiger partial charge in [-0.2, -0.15) is 20.5 Å². The molecule has 16 heteroatoms. The zero-order valence-electron chi connectivity index (χ0n) is 23.4. The lowest BCUT2D eigenvalue weighted by Crippen LogP contribution is -2.55. The topological polar surface area (TPSA) is 193 Å². The lowest BCUT2D eigenvalue weighted by atomic mass is 9.46. The lowest BCUT2D eigenvalue weighted by Gasteiger charge is -2.52. The van der Waals surface area contributed by atoms with Crippen molar-refractivity contribution in [2.45, 2.75) is 10.8 Å². The second-order valence-corrected chi connectivity index (χ2v) is 11.8. The van der Waals surface area contributed by atoms with Crippen LogP contribution >= 0.6 is 22.9 Å². The first-order chi connectivity index (χ1) is 22.8. The molecule has 1 aliphatic carbocycles. The number of hydrogen-bond donors (Lipinski definition) is 4. The third-order valence-corrected chi connectivity index (χ3v) is 9.65. The zero-order valence-corrected chi connectivity index (χ0v) is 25.1. The van der Waals surface area contributed by atoms with Gasteiger partial charge < -0.3 is 18.9 Å². The minimum absolute atomic E-state index is 0.317. The Bertz CT molecular complexity index is 2000. The maximum absolute atomic E-state index is 6.26. The summed E-state index contributed by atoms with van der Waals surface area (Å²) in [6.07, 6.45) is 13.6. The minimum atomic E-state index is -1.43. The van der Waals surface area contributed by atoms with Gasteiger partial charge in [-0.05, 0) is 41.9 Å². The number of nitrogens with zero attached hydrogens (tertiary/aromatic N) is 8. The van der Waals surface area contributed by atoms with E-state index >= 15 is 0 Å². The van der Waals surface area contributed by atoms with Crippen molar-refractivity contribution in [3.63, 3.8) is 0 Å². The summed E-state index contributed by atoms with van der Waals surface area (Å²) in [5.41, 5.74) is 4.05. The van der Waals surface area contributed by atoms with Crippen LogP contribution in [-0.2, 0) is 10.8 Å². The van der Waals surface area contributed by atoms with Crippen LogP contribution < -0.4 is 0 Å². The highest BCUT2D eigenvalue weighted by molar-refractivity contribution is 7.10. The monoisotopic (exact) mass is 644 g/mol. The van der Waals surface area contributed by atoms with E-state index < -0.39 is 10.8 Å². The van der Waals surface area contributed by atoms with Crippen LogP contribution in [0.25, 0.3) is 22.3 Å². The summed E-state index contributed by atoms with van der Waals surface area (Å²) in [4.78, 5) is 16.8. The molecule has 8 heterocycles. The minimum Gasteiger partial charge on any atom is -0.445 e. The molecule has 8 aromatic rings. The van der Waals surface area contributed by atoms with Gasteiger partial charge >= 0.3 is 0 Å². The Morgan fingerprint density at radius 2 is 1.72 bits per heavy atom. The van der Waals surface area contributed by atoms with Crippen LogP contribution in [0, 0.1) is 0 Å². The average molecular weight is 645 g/mol. The quantitative estimate of drug-likeness (QED) is 0.175. The second kappa shape index (κ2) is 10.3. The fraction of sp³-hybridized carbons (Fsp3) is 0.0667. The highest BCUT2D eigenvalue weighted by Crippen LogP contribution is 2.69. The Labute approximate surface area is 266 Å². The first kappa shape index (κ1) is 26.4. The molecule has 0 saturated carbocycles. The van der Waals surface area contributed by atoms with Crippen LogP contribution in [0.3, 0.4) is 0 Å². The first-order valence-corrected chi connectivity index (χ1v) is 15.7. The maximum atomic E-state index is 6.26. The predicted octanol–water partition coefficient (Wildman–Crippen LogP) is 4.98. The van der Waals surface area contributed by atoms with Crippen molar-refractivity contribution >= 4 is 45.2 Å². The molecule has 0 aromatic carbocycles. The maximum Gasteiger partial charge on any atom is 0.223 e. The summed E-state index contributed by atoms with van der Waals surface area (Å²) in [6, 6.07) is 11.7. The molecule has 0 aliphatic heterocycles. The van der Waals surface area contributed by atoms with Crippen molar-refractivity contribution in [3.8, 4) is 0 Å². The number of H-pyrrole nitrogens is 4. The largest absolute Gasteiger partial charge is 0.445 e. The summed E-state index contributed by atoms with van der Waals surface area (Å²) in [7, 11) is 0. The number of hydrogen-bond acceptors (Lipinski definition) is 12. The Morgan fingerprint density at radius 1 is 0.783 bits per heavy atom. The van der Waals surface area contributed by atoms with Crippen molar-refractivity contribution in [2.75, 3.05) is 0 Å². The fourth-order valence-electron chi connectivity index (χ4n) is 6.89. The van der Waals surface area contributed by atoms with Crippen molar-refractivity contribution in [1.82, 2.24) is 60.3 Å². The number of aromatic amines is 4. The normalized spacial score (nSPS) is 20.2. The lowest BCUT2D eigenvalue weighted by molar-refractivity contribution is 0.366. The Balaban J connectivity index is 1.66. The highest BCUT2D eigenvalue weighted by atomic mass is 32.1. The van der Waals surface area contributed by atoms with Crippen LogP contribution in [-0.4, -0.2) is 60.3 Å². The standard InChI is InChI=1S/C30H20N12O2S2/c1-3-17(31-7-1)23-24(18-5-9-35-37-18)25(27-33-10-13-43-27)30(20-6-12-44-40-20,21-15-36-41-38-21)29(19-4-2-8-32-19,22-16-46-42-39-22)26(23)28-34-11-14-45-28/h1-16,31-32H,(H,35,37)(H,36,38,41). The Morgan fingerprint density at radius 3 is 2.37 bits per heavy atom. The molecule has 0 amide bonds. The number of aromatic nitrogens is 12. The first-order valence-electron chi connectivity index (χ1n) is 14.0. The summed E-state index contributed by atoms with van der Waals surface area (Å²) >= 11 is 2.74. The van der Waals surface area contributed by atoms with E-state index in [1.54, 1.807) is 31.1 Å². The predicted molar refractivity (Wildman–Crippen MR) is 167 cm³/mol. The van der Waals surface area contributed by atoms with Gasteiger partial charge in [-0.15, -0.1) is 16.4 Å². The van der Waals surface area contributed by atoms with E-state index in [0.29, 0.717) is 34.2 Å². The molecule has 8 aromatic heterocycles. The smallest absolute Gasteiger partial charge is 0.223 e. The molecule has 224 valence electrons. The molecule has 0 radical (unpaired) electrons. The number of nitrogens with one attached hydrogen (secondary N) is 4. The molecule has 14 nitrogen and oxygen atoms in total. The number of oxazole rings is 1. The summed E-state index contributed by atoms with van der Waals surface area (Å²) in [5.74, 6) is 0.317. The molecule has 0 bridgehead atoms. The molecular formula is C30H20N12O2S2. The van der Waals surface area contributed by atoms with Crippen molar-refractivity contribution in [2.24, 2.45) is 0 Å². The molecule has 1 aliphatic rings. The van der Waals surface area contributed by atoms with E-state index in [2.05, 4.69) is 40.1 Å². The van der Waals surface area contributed by atoms with Crippen LogP contribution in [0.2, 0.25) is 0 Å². The fourth-order valence-corrected chi connectivity index (χ4v) is 8.15. The molecule has 0 saturated heterocycles. The van der Waals surface area contributed by atoms with Crippen LogP contribution in [0.15, 0.2) is 106 Å². The van der Waals surface area contributed by atoms with Gasteiger partial charge in [0.05, 0.1) is 23.8 Å². The van der Waals surface area contributed by atoms with Gasteiger partial charge in [-0.1, -0.05) is 9.64 Å². The molecule has 2 unspecified atom stereocenters. The molecule has 0 fully saturated rings. The Kier molecular flexibility index (Phi) is 5.90. The third kappa shape index (κ3) is 3.44. The number of rotatable bonds is 8. The van der Waals surface area contributed by atoms with Crippen molar-refractivity contribution in [1.29, 1.82) is 0 Å². The zero-order chi connectivity index (χ0) is 30.6. The summed E-state index contributed by atoms with van der Waals surface area (Å²) in [5, 5.41) is 33.7. The van der Waals surface area contributed by atoms with Gasteiger partial charge in [-0.25, -0.2) is 9.97 Å². The molecular weight excluding hydrogens is 625 g/mol. The summed E-state index contributed by atoms with van der Waals surface area (Å²) in [6.45, 7) is 0. The van der Waals surface area contributed by atoms with Gasteiger partial charge in [0, 0.05) is 75.3 Å². The van der Waals surface area contributed by atoms with E-state index in [-0.39, 0.29) is 0 Å². The van der Waals surface area contributed by atoms with Gasteiger partial charge in [0.25, 0.3) is 0 Å². The molecule has 2 atom stereocenters. The van der Waals surface area contributed by atoms with Gasteiger partial charge in [-0.3, -0.25) is 5.10 Å². The average Bonchev–Trinajstić information content (AvgIpc) is 3.96. The SMILES string of the molecule is c1c[nH]c(C2=C(c3nccs3)C(c3csnn3)(c3ccc[nH]3)C(c3cn[nH]n3)(c3ccon3)C(c3ncco3)=C2c2ccn[nH]2)c1. The van der Waals surface area contributed by atoms with Crippen LogP contribution in [0.5, 0.6) is 0 Å². The second-order valence-electron chi connectivity index (χ2n) is 10.3. The Hall–Kier alpha value is -6.00. The van der Waals surface area contributed by atoms with Crippen LogP contribution in [0.4, 0.5) is 0 Å². The molecule has 0 spiro atoms. The molecule has 4 N–H and O–H groups in total. The summed E-state index contributed by atoms with van der Waals surface area (Å²) < 4.78 is 16.3. The van der Waals surface area contributed by atoms with Gasteiger partial charge in [0.2, 0.25) is 5.89 Å². The third-order valence-electron chi connectivity index (χ3n) is 8.36. The van der Waals surface area contributed by atoms with Crippen LogP contribution in [0.1, 0.15) is 45.1 Å². The van der Waals surface area contributed by atoms with E-state index in [1.807, 2.05) is 59.6 Å². The van der Waals surface area contributed by atoms with E-state index in [9.17, 15) is 0 Å². The molecule has 46 heavy (non-hydrogen) atoms. The number of allylic oxidation sites excluding steroid dienone is 4. The van der Waals surface area contributed by atoms with E-state index in [0.717, 1.165) is 33.1 Å². The van der Waals surface area contributed by atoms with Gasteiger partial charge in [0.1, 0.15) is 39.8 Å². The van der Waals surface area contributed by atoms with Crippen molar-refractivity contribution < 1.29 is 8.94 Å². The number of thiazole rings is 1. The highest BCUT2D eigenvalue weighted by Gasteiger charge is 2.69. The van der Waals surface area contributed by atoms with E-state index in [1.165, 1.54) is 29.1 Å². The van der Waals surface area contributed by atoms with Crippen molar-refractivity contribution in [3.05, 3.63) is 142 Å².